The summed E-state index contributed by atoms with van der Waals surface area (Å²) in [5.74, 6) is 2.02. The average molecular weight is 574 g/mol. The second-order valence-corrected chi connectivity index (χ2v) is 12.2. The van der Waals surface area contributed by atoms with Gasteiger partial charge in [-0.3, -0.25) is 14.2 Å². The molecule has 1 fully saturated rings. The fraction of sp³-hybridized carbons (Fsp3) is 0.355. The molecular formula is C31H35N5O2S2. The lowest BCUT2D eigenvalue weighted by atomic mass is 10.1. The SMILES string of the molecule is Cc1ccc(-n2c(Cc3ccccc3)nnc2SCCCCC(=O)N2CCN(C(=O)c3cccs3)C(C)C2)cc1. The maximum atomic E-state index is 12.9. The Kier molecular flexibility index (Phi) is 9.34. The number of carbonyl (C=O) groups excluding carboxylic acids is 2. The van der Waals surface area contributed by atoms with Gasteiger partial charge in [-0.15, -0.1) is 21.5 Å². The Morgan fingerprint density at radius 1 is 0.975 bits per heavy atom. The third-order valence-corrected chi connectivity index (χ3v) is 9.06. The highest BCUT2D eigenvalue weighted by molar-refractivity contribution is 7.99. The van der Waals surface area contributed by atoms with Crippen molar-refractivity contribution in [3.63, 3.8) is 0 Å². The molecule has 2 amide bonds. The van der Waals surface area contributed by atoms with Crippen molar-refractivity contribution in [2.24, 2.45) is 0 Å². The van der Waals surface area contributed by atoms with Gasteiger partial charge in [0.25, 0.3) is 5.91 Å². The summed E-state index contributed by atoms with van der Waals surface area (Å²) in [5.41, 5.74) is 3.47. The first-order valence-electron chi connectivity index (χ1n) is 13.8. The van der Waals surface area contributed by atoms with Crippen molar-refractivity contribution in [2.75, 3.05) is 25.4 Å². The van der Waals surface area contributed by atoms with E-state index in [9.17, 15) is 9.59 Å². The minimum Gasteiger partial charge on any atom is -0.339 e. The van der Waals surface area contributed by atoms with Gasteiger partial charge in [0.1, 0.15) is 5.82 Å². The van der Waals surface area contributed by atoms with Crippen LogP contribution in [0.2, 0.25) is 0 Å². The molecular weight excluding hydrogens is 539 g/mol. The molecule has 0 saturated carbocycles. The van der Waals surface area contributed by atoms with E-state index >= 15 is 0 Å². The maximum absolute atomic E-state index is 12.9. The van der Waals surface area contributed by atoms with Gasteiger partial charge in [-0.1, -0.05) is 65.9 Å². The molecule has 0 bridgehead atoms. The summed E-state index contributed by atoms with van der Waals surface area (Å²) in [6.07, 6.45) is 2.97. The Morgan fingerprint density at radius 3 is 2.50 bits per heavy atom. The van der Waals surface area contributed by atoms with E-state index in [-0.39, 0.29) is 17.9 Å². The molecule has 3 heterocycles. The zero-order valence-electron chi connectivity index (χ0n) is 23.0. The van der Waals surface area contributed by atoms with Crippen LogP contribution in [0.15, 0.2) is 77.3 Å². The van der Waals surface area contributed by atoms with Gasteiger partial charge in [0.15, 0.2) is 5.16 Å². The van der Waals surface area contributed by atoms with Gasteiger partial charge < -0.3 is 9.80 Å². The largest absolute Gasteiger partial charge is 0.339 e. The average Bonchev–Trinajstić information content (AvgIpc) is 3.64. The normalized spacial score (nSPS) is 15.4. The van der Waals surface area contributed by atoms with E-state index in [1.807, 2.05) is 52.4 Å². The van der Waals surface area contributed by atoms with E-state index in [1.165, 1.54) is 22.5 Å². The van der Waals surface area contributed by atoms with Crippen molar-refractivity contribution < 1.29 is 9.59 Å². The van der Waals surface area contributed by atoms with Crippen molar-refractivity contribution >= 4 is 34.9 Å². The van der Waals surface area contributed by atoms with Crippen LogP contribution in [-0.2, 0) is 11.2 Å². The summed E-state index contributed by atoms with van der Waals surface area (Å²) in [6, 6.07) is 22.6. The van der Waals surface area contributed by atoms with Crippen molar-refractivity contribution in [1.29, 1.82) is 0 Å². The Balaban J connectivity index is 1.12. The fourth-order valence-corrected chi connectivity index (χ4v) is 6.62. The number of thioether (sulfide) groups is 1. The van der Waals surface area contributed by atoms with Crippen LogP contribution in [0.25, 0.3) is 5.69 Å². The monoisotopic (exact) mass is 573 g/mol. The minimum absolute atomic E-state index is 0.0149. The molecule has 1 aliphatic rings. The number of piperazine rings is 1. The van der Waals surface area contributed by atoms with Gasteiger partial charge in [-0.25, -0.2) is 0 Å². The van der Waals surface area contributed by atoms with Crippen LogP contribution in [0.3, 0.4) is 0 Å². The molecule has 1 aliphatic heterocycles. The smallest absolute Gasteiger partial charge is 0.264 e. The predicted molar refractivity (Wildman–Crippen MR) is 161 cm³/mol. The van der Waals surface area contributed by atoms with Crippen molar-refractivity contribution in [1.82, 2.24) is 24.6 Å². The molecule has 2 aromatic carbocycles. The number of hydrogen-bond donors (Lipinski definition) is 0. The molecule has 0 spiro atoms. The van der Waals surface area contributed by atoms with E-state index in [0.717, 1.165) is 40.1 Å². The minimum atomic E-state index is 0.0149. The van der Waals surface area contributed by atoms with E-state index in [2.05, 4.69) is 58.1 Å². The van der Waals surface area contributed by atoms with Gasteiger partial charge in [0, 0.05) is 50.0 Å². The van der Waals surface area contributed by atoms with Gasteiger partial charge in [-0.05, 0) is 55.8 Å². The lowest BCUT2D eigenvalue weighted by Gasteiger charge is -2.39. The first kappa shape index (κ1) is 28.1. The third kappa shape index (κ3) is 6.82. The van der Waals surface area contributed by atoms with Crippen LogP contribution in [0, 0.1) is 6.92 Å². The van der Waals surface area contributed by atoms with Gasteiger partial charge >= 0.3 is 0 Å². The quantitative estimate of drug-likeness (QED) is 0.175. The molecule has 1 unspecified atom stereocenters. The fourth-order valence-electron chi connectivity index (χ4n) is 4.97. The third-order valence-electron chi connectivity index (χ3n) is 7.19. The highest BCUT2D eigenvalue weighted by Gasteiger charge is 2.30. The number of aryl methyl sites for hydroxylation is 1. The Hall–Kier alpha value is -3.43. The highest BCUT2D eigenvalue weighted by atomic mass is 32.2. The summed E-state index contributed by atoms with van der Waals surface area (Å²) in [6.45, 7) is 5.88. The summed E-state index contributed by atoms with van der Waals surface area (Å²) in [5, 5.41) is 11.9. The second-order valence-electron chi connectivity index (χ2n) is 10.2. The number of thiophene rings is 1. The van der Waals surface area contributed by atoms with Gasteiger partial charge in [-0.2, -0.15) is 0 Å². The summed E-state index contributed by atoms with van der Waals surface area (Å²) < 4.78 is 2.15. The highest BCUT2D eigenvalue weighted by Crippen LogP contribution is 2.25. The number of benzene rings is 2. The predicted octanol–water partition coefficient (Wildman–Crippen LogP) is 5.86. The zero-order chi connectivity index (χ0) is 27.9. The van der Waals surface area contributed by atoms with E-state index in [4.69, 9.17) is 0 Å². The standard InChI is InChI=1S/C31H35N5O2S2/c1-23-13-15-26(16-14-23)36-28(21-25-9-4-3-5-10-25)32-33-31(36)40-19-7-6-12-29(37)34-17-18-35(24(2)22-34)30(38)27-11-8-20-39-27/h3-5,8-11,13-16,20,24H,6-7,12,17-19,21-22H2,1-2H3. The lowest BCUT2D eigenvalue weighted by molar-refractivity contribution is -0.133. The van der Waals surface area contributed by atoms with Crippen LogP contribution in [-0.4, -0.2) is 67.8 Å². The van der Waals surface area contributed by atoms with Crippen LogP contribution in [0.5, 0.6) is 0 Å². The topological polar surface area (TPSA) is 71.3 Å². The second kappa shape index (κ2) is 13.3. The van der Waals surface area contributed by atoms with Gasteiger partial charge in [0.2, 0.25) is 5.91 Å². The molecule has 4 aromatic rings. The molecule has 1 atom stereocenters. The first-order valence-corrected chi connectivity index (χ1v) is 15.7. The van der Waals surface area contributed by atoms with Crippen molar-refractivity contribution in [3.8, 4) is 5.69 Å². The van der Waals surface area contributed by atoms with Crippen LogP contribution in [0.1, 0.15) is 52.8 Å². The maximum Gasteiger partial charge on any atom is 0.264 e. The molecule has 2 aromatic heterocycles. The number of amides is 2. The molecule has 5 rings (SSSR count). The number of aromatic nitrogens is 3. The molecule has 0 N–H and O–H groups in total. The molecule has 1 saturated heterocycles. The molecule has 7 nitrogen and oxygen atoms in total. The van der Waals surface area contributed by atoms with Crippen LogP contribution < -0.4 is 0 Å². The summed E-state index contributed by atoms with van der Waals surface area (Å²) in [7, 11) is 0. The number of unbranched alkanes of at least 4 members (excludes halogenated alkanes) is 1. The number of nitrogens with zero attached hydrogens (tertiary/aromatic N) is 5. The van der Waals surface area contributed by atoms with Gasteiger partial charge in [0.05, 0.1) is 4.88 Å². The molecule has 208 valence electrons. The lowest BCUT2D eigenvalue weighted by Crippen LogP contribution is -2.55. The summed E-state index contributed by atoms with van der Waals surface area (Å²) in [4.78, 5) is 30.2. The number of carbonyl (C=O) groups is 2. The Bertz CT molecular complexity index is 1400. The van der Waals surface area contributed by atoms with Crippen molar-refractivity contribution in [3.05, 3.63) is 93.9 Å². The van der Waals surface area contributed by atoms with Crippen LogP contribution in [0.4, 0.5) is 0 Å². The molecule has 40 heavy (non-hydrogen) atoms. The molecule has 0 aliphatic carbocycles. The number of hydrogen-bond acceptors (Lipinski definition) is 6. The Labute approximate surface area is 244 Å². The first-order chi connectivity index (χ1) is 19.5. The molecule has 9 heteroatoms. The number of rotatable bonds is 10. The van der Waals surface area contributed by atoms with E-state index in [1.54, 1.807) is 11.8 Å². The Morgan fingerprint density at radius 2 is 1.77 bits per heavy atom. The van der Waals surface area contributed by atoms with Crippen LogP contribution >= 0.6 is 23.1 Å². The zero-order valence-corrected chi connectivity index (χ0v) is 24.7. The van der Waals surface area contributed by atoms with E-state index < -0.39 is 0 Å². The van der Waals surface area contributed by atoms with E-state index in [0.29, 0.717) is 32.5 Å². The summed E-state index contributed by atoms with van der Waals surface area (Å²) >= 11 is 3.15. The molecule has 0 radical (unpaired) electrons. The van der Waals surface area contributed by atoms with Crippen molar-refractivity contribution in [2.45, 2.75) is 50.7 Å².